The van der Waals surface area contributed by atoms with Crippen molar-refractivity contribution in [2.75, 3.05) is 19.6 Å². The molecule has 0 spiro atoms. The second-order valence-electron chi connectivity index (χ2n) is 7.55. The summed E-state index contributed by atoms with van der Waals surface area (Å²) in [6, 6.07) is 18.6. The Hall–Kier alpha value is -2.99. The Labute approximate surface area is 178 Å². The number of hydrogen-bond acceptors (Lipinski definition) is 4. The topological polar surface area (TPSA) is 63.1 Å². The Balaban J connectivity index is 1.72. The summed E-state index contributed by atoms with van der Waals surface area (Å²) in [5.74, 6) is -0.184. The first-order valence-corrected chi connectivity index (χ1v) is 10.6. The van der Waals surface area contributed by atoms with Crippen molar-refractivity contribution in [1.29, 1.82) is 0 Å². The van der Waals surface area contributed by atoms with Crippen LogP contribution in [0, 0.1) is 13.8 Å². The Morgan fingerprint density at radius 1 is 1.07 bits per heavy atom. The summed E-state index contributed by atoms with van der Waals surface area (Å²) in [7, 11) is 0. The second-order valence-corrected chi connectivity index (χ2v) is 7.55. The van der Waals surface area contributed by atoms with Gasteiger partial charge in [-0.25, -0.2) is 4.68 Å². The first kappa shape index (κ1) is 21.7. The van der Waals surface area contributed by atoms with Crippen LogP contribution in [-0.4, -0.2) is 51.5 Å². The van der Waals surface area contributed by atoms with Crippen LogP contribution in [0.1, 0.15) is 41.2 Å². The number of hydrogen-bond donors (Lipinski definition) is 1. The van der Waals surface area contributed by atoms with E-state index in [0.717, 1.165) is 36.5 Å². The molecule has 2 aromatic carbocycles. The number of aromatic nitrogens is 3. The molecule has 1 N–H and O–H groups in total. The standard InChI is InChI=1S/C24H31N5O/c1-5-28(6-2)22(16-20-12-8-7-9-13-20)17-25-24(30)23-19(4)29(27-26-23)21-14-10-11-18(3)15-21/h7-15,22H,5-6,16-17H2,1-4H3,(H,25,30). The minimum atomic E-state index is -0.184. The van der Waals surface area contributed by atoms with Gasteiger partial charge in [0.25, 0.3) is 5.91 Å². The molecule has 0 bridgehead atoms. The summed E-state index contributed by atoms with van der Waals surface area (Å²) in [4.78, 5) is 15.3. The third-order valence-electron chi connectivity index (χ3n) is 5.50. The van der Waals surface area contributed by atoms with Crippen molar-refractivity contribution in [2.24, 2.45) is 0 Å². The van der Waals surface area contributed by atoms with Crippen molar-refractivity contribution in [3.63, 3.8) is 0 Å². The van der Waals surface area contributed by atoms with E-state index in [0.29, 0.717) is 12.2 Å². The van der Waals surface area contributed by atoms with Gasteiger partial charge in [-0.05, 0) is 56.6 Å². The molecule has 1 aromatic heterocycles. The summed E-state index contributed by atoms with van der Waals surface area (Å²) in [6.07, 6.45) is 0.887. The van der Waals surface area contributed by atoms with E-state index in [-0.39, 0.29) is 11.9 Å². The number of likely N-dealkylation sites (N-methyl/N-ethyl adjacent to an activating group) is 1. The minimum Gasteiger partial charge on any atom is -0.349 e. The maximum atomic E-state index is 12.9. The van der Waals surface area contributed by atoms with Gasteiger partial charge in [-0.1, -0.05) is 61.5 Å². The fourth-order valence-electron chi connectivity index (χ4n) is 3.79. The molecule has 6 nitrogen and oxygen atoms in total. The molecular weight excluding hydrogens is 374 g/mol. The largest absolute Gasteiger partial charge is 0.349 e. The summed E-state index contributed by atoms with van der Waals surface area (Å²) in [5.41, 5.74) is 4.42. The molecule has 0 radical (unpaired) electrons. The molecule has 1 heterocycles. The number of nitrogens with zero attached hydrogens (tertiary/aromatic N) is 4. The van der Waals surface area contributed by atoms with Crippen LogP contribution in [0.5, 0.6) is 0 Å². The van der Waals surface area contributed by atoms with Gasteiger partial charge in [0.1, 0.15) is 0 Å². The highest BCUT2D eigenvalue weighted by Crippen LogP contribution is 2.14. The summed E-state index contributed by atoms with van der Waals surface area (Å²) >= 11 is 0. The summed E-state index contributed by atoms with van der Waals surface area (Å²) in [5, 5.41) is 11.5. The lowest BCUT2D eigenvalue weighted by atomic mass is 10.0. The van der Waals surface area contributed by atoms with Crippen molar-refractivity contribution in [3.8, 4) is 5.69 Å². The van der Waals surface area contributed by atoms with Gasteiger partial charge in [0.15, 0.2) is 5.69 Å². The van der Waals surface area contributed by atoms with E-state index >= 15 is 0 Å². The number of nitrogens with one attached hydrogen (secondary N) is 1. The van der Waals surface area contributed by atoms with Gasteiger partial charge in [-0.2, -0.15) is 0 Å². The quantitative estimate of drug-likeness (QED) is 0.591. The first-order chi connectivity index (χ1) is 14.5. The number of benzene rings is 2. The summed E-state index contributed by atoms with van der Waals surface area (Å²) < 4.78 is 1.72. The maximum Gasteiger partial charge on any atom is 0.273 e. The SMILES string of the molecule is CCN(CC)C(CNC(=O)c1nnn(-c2cccc(C)c2)c1C)Cc1ccccc1. The number of rotatable bonds is 9. The molecule has 0 aliphatic carbocycles. The number of carbonyl (C=O) groups excluding carboxylic acids is 1. The smallest absolute Gasteiger partial charge is 0.273 e. The lowest BCUT2D eigenvalue weighted by molar-refractivity contribution is 0.0929. The van der Waals surface area contributed by atoms with Gasteiger partial charge in [-0.15, -0.1) is 5.10 Å². The van der Waals surface area contributed by atoms with E-state index in [1.54, 1.807) is 4.68 Å². The van der Waals surface area contributed by atoms with Crippen molar-refractivity contribution in [3.05, 3.63) is 77.1 Å². The molecule has 0 aliphatic rings. The van der Waals surface area contributed by atoms with Crippen LogP contribution in [-0.2, 0) is 6.42 Å². The third kappa shape index (κ3) is 5.13. The van der Waals surface area contributed by atoms with E-state index in [2.05, 4.69) is 58.6 Å². The van der Waals surface area contributed by atoms with Gasteiger partial charge in [0.2, 0.25) is 0 Å². The molecule has 0 saturated carbocycles. The van der Waals surface area contributed by atoms with Gasteiger partial charge in [-0.3, -0.25) is 9.69 Å². The normalized spacial score (nSPS) is 12.2. The molecule has 0 saturated heterocycles. The van der Waals surface area contributed by atoms with E-state index in [4.69, 9.17) is 0 Å². The molecule has 0 fully saturated rings. The average molecular weight is 406 g/mol. The van der Waals surface area contributed by atoms with Gasteiger partial charge < -0.3 is 5.32 Å². The highest BCUT2D eigenvalue weighted by Gasteiger charge is 2.21. The van der Waals surface area contributed by atoms with Gasteiger partial charge in [0.05, 0.1) is 11.4 Å². The van der Waals surface area contributed by atoms with E-state index in [1.807, 2.05) is 44.2 Å². The molecule has 6 heteroatoms. The lowest BCUT2D eigenvalue weighted by Crippen LogP contribution is -2.45. The van der Waals surface area contributed by atoms with Crippen molar-refractivity contribution in [2.45, 2.75) is 40.2 Å². The van der Waals surface area contributed by atoms with Gasteiger partial charge in [0, 0.05) is 12.6 Å². The predicted octanol–water partition coefficient (Wildman–Crippen LogP) is 3.57. The van der Waals surface area contributed by atoms with E-state index in [1.165, 1.54) is 5.56 Å². The monoisotopic (exact) mass is 405 g/mol. The molecule has 1 unspecified atom stereocenters. The van der Waals surface area contributed by atoms with Crippen LogP contribution in [0.4, 0.5) is 0 Å². The molecule has 158 valence electrons. The van der Waals surface area contributed by atoms with Crippen molar-refractivity contribution in [1.82, 2.24) is 25.2 Å². The molecule has 3 aromatic rings. The van der Waals surface area contributed by atoms with Crippen molar-refractivity contribution >= 4 is 5.91 Å². The lowest BCUT2D eigenvalue weighted by Gasteiger charge is -2.30. The fraction of sp³-hybridized carbons (Fsp3) is 0.375. The average Bonchev–Trinajstić information content (AvgIpc) is 3.14. The Bertz CT molecular complexity index is 963. The predicted molar refractivity (Wildman–Crippen MR) is 120 cm³/mol. The third-order valence-corrected chi connectivity index (χ3v) is 5.50. The minimum absolute atomic E-state index is 0.184. The van der Waals surface area contributed by atoms with E-state index in [9.17, 15) is 4.79 Å². The van der Waals surface area contributed by atoms with Crippen LogP contribution in [0.3, 0.4) is 0 Å². The molecule has 30 heavy (non-hydrogen) atoms. The van der Waals surface area contributed by atoms with E-state index < -0.39 is 0 Å². The van der Waals surface area contributed by atoms with Crippen LogP contribution in [0.15, 0.2) is 54.6 Å². The highest BCUT2D eigenvalue weighted by atomic mass is 16.2. The fourth-order valence-corrected chi connectivity index (χ4v) is 3.79. The number of amides is 1. The molecule has 3 rings (SSSR count). The Morgan fingerprint density at radius 2 is 1.80 bits per heavy atom. The molecule has 1 amide bonds. The maximum absolute atomic E-state index is 12.9. The number of aryl methyl sites for hydroxylation is 1. The van der Waals surface area contributed by atoms with Crippen LogP contribution < -0.4 is 5.32 Å². The molecule has 0 aliphatic heterocycles. The van der Waals surface area contributed by atoms with Gasteiger partial charge >= 0.3 is 0 Å². The van der Waals surface area contributed by atoms with Crippen LogP contribution >= 0.6 is 0 Å². The second kappa shape index (κ2) is 10.2. The highest BCUT2D eigenvalue weighted by molar-refractivity contribution is 5.93. The number of carbonyl (C=O) groups is 1. The summed E-state index contributed by atoms with van der Waals surface area (Å²) in [6.45, 7) is 10.7. The zero-order chi connectivity index (χ0) is 21.5. The Kier molecular flexibility index (Phi) is 7.36. The zero-order valence-corrected chi connectivity index (χ0v) is 18.3. The molecule has 1 atom stereocenters. The van der Waals surface area contributed by atoms with Crippen molar-refractivity contribution < 1.29 is 4.79 Å². The molecular formula is C24H31N5O. The first-order valence-electron chi connectivity index (χ1n) is 10.6. The van der Waals surface area contributed by atoms with Crippen LogP contribution in [0.25, 0.3) is 5.69 Å². The van der Waals surface area contributed by atoms with Crippen LogP contribution in [0.2, 0.25) is 0 Å². The zero-order valence-electron chi connectivity index (χ0n) is 18.3. The Morgan fingerprint density at radius 3 is 2.47 bits per heavy atom.